The Hall–Kier alpha value is -3.22. The lowest BCUT2D eigenvalue weighted by Crippen LogP contribution is -2.14. The first-order valence-electron chi connectivity index (χ1n) is 8.37. The SMILES string of the molecule is CCS(=O)(=O)c1ccc(O)c(NC(=O)c2cc3nc(C(F)F)cc(C(F)F)n3n2)c1. The Morgan fingerprint density at radius 3 is 2.47 bits per heavy atom. The van der Waals surface area contributed by atoms with Crippen molar-refractivity contribution in [3.05, 3.63) is 47.4 Å². The average Bonchev–Trinajstić information content (AvgIpc) is 3.12. The van der Waals surface area contributed by atoms with Crippen molar-refractivity contribution in [1.82, 2.24) is 14.6 Å². The number of fused-ring (bicyclic) bond motifs is 1. The second kappa shape index (κ2) is 7.89. The monoisotopic (exact) mass is 446 g/mol. The van der Waals surface area contributed by atoms with Crippen LogP contribution < -0.4 is 5.32 Å². The van der Waals surface area contributed by atoms with Gasteiger partial charge in [0.1, 0.15) is 17.1 Å². The number of carbonyl (C=O) groups excluding carboxylic acids is 1. The van der Waals surface area contributed by atoms with Gasteiger partial charge < -0.3 is 10.4 Å². The quantitative estimate of drug-likeness (QED) is 0.444. The van der Waals surface area contributed by atoms with Crippen LogP contribution in [0.4, 0.5) is 23.2 Å². The van der Waals surface area contributed by atoms with Gasteiger partial charge in [-0.05, 0) is 24.3 Å². The molecule has 2 aromatic heterocycles. The van der Waals surface area contributed by atoms with Gasteiger partial charge in [-0.1, -0.05) is 6.92 Å². The zero-order chi connectivity index (χ0) is 22.2. The third-order valence-corrected chi connectivity index (χ3v) is 5.84. The molecule has 1 aromatic carbocycles. The Kier molecular flexibility index (Phi) is 5.65. The van der Waals surface area contributed by atoms with Crippen LogP contribution in [0.3, 0.4) is 0 Å². The molecule has 3 aromatic rings. The zero-order valence-corrected chi connectivity index (χ0v) is 16.0. The summed E-state index contributed by atoms with van der Waals surface area (Å²) in [6, 6.07) is 4.64. The highest BCUT2D eigenvalue weighted by Crippen LogP contribution is 2.28. The topological polar surface area (TPSA) is 114 Å². The molecule has 0 saturated carbocycles. The number of rotatable bonds is 6. The molecule has 0 spiro atoms. The minimum absolute atomic E-state index is 0.156. The number of alkyl halides is 4. The first-order valence-corrected chi connectivity index (χ1v) is 10.0. The Morgan fingerprint density at radius 2 is 1.87 bits per heavy atom. The molecule has 1 amide bonds. The molecule has 3 rings (SSSR count). The maximum Gasteiger partial charge on any atom is 0.280 e. The molecule has 30 heavy (non-hydrogen) atoms. The van der Waals surface area contributed by atoms with Crippen molar-refractivity contribution in [3.8, 4) is 5.75 Å². The van der Waals surface area contributed by atoms with Crippen molar-refractivity contribution in [2.75, 3.05) is 11.1 Å². The summed E-state index contributed by atoms with van der Waals surface area (Å²) in [5.41, 5.74) is -2.91. The molecule has 0 atom stereocenters. The van der Waals surface area contributed by atoms with Gasteiger partial charge in [0, 0.05) is 6.07 Å². The molecule has 2 heterocycles. The molecule has 0 saturated heterocycles. The largest absolute Gasteiger partial charge is 0.506 e. The second-order valence-corrected chi connectivity index (χ2v) is 8.32. The van der Waals surface area contributed by atoms with Gasteiger partial charge in [-0.3, -0.25) is 4.79 Å². The molecule has 0 unspecified atom stereocenters. The van der Waals surface area contributed by atoms with Crippen LogP contribution in [-0.2, 0) is 9.84 Å². The van der Waals surface area contributed by atoms with Crippen LogP contribution in [-0.4, -0.2) is 39.8 Å². The third kappa shape index (κ3) is 4.06. The van der Waals surface area contributed by atoms with E-state index in [4.69, 9.17) is 0 Å². The van der Waals surface area contributed by atoms with E-state index in [9.17, 15) is 35.9 Å². The van der Waals surface area contributed by atoms with Gasteiger partial charge in [-0.15, -0.1) is 0 Å². The summed E-state index contributed by atoms with van der Waals surface area (Å²) in [6.45, 7) is 1.42. The van der Waals surface area contributed by atoms with Gasteiger partial charge in [0.15, 0.2) is 21.2 Å². The van der Waals surface area contributed by atoms with Crippen molar-refractivity contribution in [1.29, 1.82) is 0 Å². The Morgan fingerprint density at radius 1 is 1.17 bits per heavy atom. The normalized spacial score (nSPS) is 12.1. The molecule has 0 radical (unpaired) electrons. The predicted molar refractivity (Wildman–Crippen MR) is 96.7 cm³/mol. The number of benzene rings is 1. The minimum Gasteiger partial charge on any atom is -0.506 e. The van der Waals surface area contributed by atoms with E-state index in [1.807, 2.05) is 0 Å². The van der Waals surface area contributed by atoms with E-state index in [2.05, 4.69) is 15.4 Å². The van der Waals surface area contributed by atoms with E-state index >= 15 is 0 Å². The first kappa shape index (κ1) is 21.5. The molecule has 0 aliphatic heterocycles. The Bertz CT molecular complexity index is 1230. The number of carbonyl (C=O) groups is 1. The lowest BCUT2D eigenvalue weighted by molar-refractivity contribution is 0.102. The maximum absolute atomic E-state index is 13.2. The molecule has 13 heteroatoms. The first-order chi connectivity index (χ1) is 14.0. The Labute approximate surface area is 167 Å². The molecule has 0 bridgehead atoms. The summed E-state index contributed by atoms with van der Waals surface area (Å²) >= 11 is 0. The van der Waals surface area contributed by atoms with Crippen LogP contribution in [0.2, 0.25) is 0 Å². The lowest BCUT2D eigenvalue weighted by Gasteiger charge is -2.08. The summed E-state index contributed by atoms with van der Waals surface area (Å²) in [4.78, 5) is 15.8. The highest BCUT2D eigenvalue weighted by atomic mass is 32.2. The van der Waals surface area contributed by atoms with E-state index < -0.39 is 57.1 Å². The smallest absolute Gasteiger partial charge is 0.280 e. The maximum atomic E-state index is 13.2. The molecular weight excluding hydrogens is 432 g/mol. The molecule has 0 fully saturated rings. The van der Waals surface area contributed by atoms with Crippen molar-refractivity contribution in [2.24, 2.45) is 0 Å². The second-order valence-electron chi connectivity index (χ2n) is 6.04. The predicted octanol–water partition coefficient (Wildman–Crippen LogP) is 3.36. The fourth-order valence-corrected chi connectivity index (χ4v) is 3.46. The van der Waals surface area contributed by atoms with Gasteiger partial charge in [0.2, 0.25) is 0 Å². The summed E-state index contributed by atoms with van der Waals surface area (Å²) < 4.78 is 76.8. The van der Waals surface area contributed by atoms with Gasteiger partial charge in [0.05, 0.1) is 16.3 Å². The highest BCUT2D eigenvalue weighted by Gasteiger charge is 2.23. The zero-order valence-electron chi connectivity index (χ0n) is 15.2. The molecule has 0 aliphatic carbocycles. The molecule has 0 aliphatic rings. The van der Waals surface area contributed by atoms with Crippen LogP contribution in [0.1, 0.15) is 41.7 Å². The number of aromatic nitrogens is 3. The van der Waals surface area contributed by atoms with Crippen molar-refractivity contribution < 1.29 is 35.9 Å². The highest BCUT2D eigenvalue weighted by molar-refractivity contribution is 7.91. The van der Waals surface area contributed by atoms with Crippen LogP contribution in [0, 0.1) is 0 Å². The number of nitrogens with zero attached hydrogens (tertiary/aromatic N) is 3. The summed E-state index contributed by atoms with van der Waals surface area (Å²) in [7, 11) is -3.63. The third-order valence-electron chi connectivity index (χ3n) is 4.11. The standard InChI is InChI=1S/C17H14F4N4O4S/c1-2-30(28,29)8-3-4-13(26)9(5-8)23-17(27)11-7-14-22-10(15(18)19)6-12(16(20)21)25(14)24-11/h3-7,15-16,26H,2H2,1H3,(H,23,27). The molecular formula is C17H14F4N4O4S. The van der Waals surface area contributed by atoms with E-state index in [-0.39, 0.29) is 16.3 Å². The van der Waals surface area contributed by atoms with E-state index in [0.29, 0.717) is 10.6 Å². The van der Waals surface area contributed by atoms with Crippen molar-refractivity contribution in [3.63, 3.8) is 0 Å². The molecule has 2 N–H and O–H groups in total. The van der Waals surface area contributed by atoms with Gasteiger partial charge in [-0.2, -0.15) is 5.10 Å². The van der Waals surface area contributed by atoms with Crippen LogP contribution in [0.25, 0.3) is 5.65 Å². The Balaban J connectivity index is 2.00. The van der Waals surface area contributed by atoms with Gasteiger partial charge in [-0.25, -0.2) is 35.5 Å². The molecule has 8 nitrogen and oxygen atoms in total. The number of sulfone groups is 1. The number of phenols is 1. The average molecular weight is 446 g/mol. The number of halogens is 4. The number of nitrogens with one attached hydrogen (secondary N) is 1. The number of amides is 1. The lowest BCUT2D eigenvalue weighted by atomic mass is 10.2. The summed E-state index contributed by atoms with van der Waals surface area (Å²) in [6.07, 6.45) is -6.27. The van der Waals surface area contributed by atoms with Crippen LogP contribution in [0.5, 0.6) is 5.75 Å². The summed E-state index contributed by atoms with van der Waals surface area (Å²) in [5, 5.41) is 15.8. The summed E-state index contributed by atoms with van der Waals surface area (Å²) in [5.74, 6) is -1.67. The fourth-order valence-electron chi connectivity index (χ4n) is 2.56. The van der Waals surface area contributed by atoms with Crippen molar-refractivity contribution >= 4 is 27.1 Å². The van der Waals surface area contributed by atoms with E-state index in [1.165, 1.54) is 6.92 Å². The van der Waals surface area contributed by atoms with Crippen LogP contribution in [0.15, 0.2) is 35.2 Å². The number of hydrogen-bond acceptors (Lipinski definition) is 6. The van der Waals surface area contributed by atoms with Gasteiger partial charge >= 0.3 is 0 Å². The minimum atomic E-state index is -3.63. The van der Waals surface area contributed by atoms with Crippen LogP contribution >= 0.6 is 0 Å². The van der Waals surface area contributed by atoms with E-state index in [0.717, 1.165) is 24.3 Å². The number of phenolic OH excluding ortho intramolecular Hbond substituents is 1. The number of anilines is 1. The fraction of sp³-hybridized carbons (Fsp3) is 0.235. The van der Waals surface area contributed by atoms with Gasteiger partial charge in [0.25, 0.3) is 18.8 Å². The number of aromatic hydroxyl groups is 1. The molecule has 160 valence electrons. The van der Waals surface area contributed by atoms with Crippen molar-refractivity contribution in [2.45, 2.75) is 24.7 Å². The number of hydrogen-bond donors (Lipinski definition) is 2. The van der Waals surface area contributed by atoms with E-state index in [1.54, 1.807) is 0 Å².